The Bertz CT molecular complexity index is 723. The van der Waals surface area contributed by atoms with E-state index in [-0.39, 0.29) is 28.7 Å². The zero-order valence-electron chi connectivity index (χ0n) is 15.8. The van der Waals surface area contributed by atoms with Crippen LogP contribution in [0.25, 0.3) is 0 Å². The molecular weight excluding hydrogens is 483 g/mol. The van der Waals surface area contributed by atoms with Gasteiger partial charge in [0, 0.05) is 30.1 Å². The third-order valence-corrected chi connectivity index (χ3v) is 5.66. The van der Waals surface area contributed by atoms with Crippen molar-refractivity contribution in [3.63, 3.8) is 0 Å². The second-order valence-electron chi connectivity index (χ2n) is 6.73. The number of anilines is 1. The van der Waals surface area contributed by atoms with Gasteiger partial charge in [0.05, 0.1) is 18.5 Å². The first kappa shape index (κ1) is 23.4. The number of nitrogens with one attached hydrogen (secondary N) is 2. The highest BCUT2D eigenvalue weighted by molar-refractivity contribution is 14.0. The fourth-order valence-electron chi connectivity index (χ4n) is 2.74. The van der Waals surface area contributed by atoms with E-state index in [1.165, 1.54) is 0 Å². The number of thioether (sulfide) groups is 1. The van der Waals surface area contributed by atoms with Crippen LogP contribution in [-0.4, -0.2) is 55.7 Å². The van der Waals surface area contributed by atoms with Crippen LogP contribution in [0.2, 0.25) is 0 Å². The summed E-state index contributed by atoms with van der Waals surface area (Å²) in [7, 11) is -3.31. The Kier molecular flexibility index (Phi) is 9.01. The van der Waals surface area contributed by atoms with Crippen LogP contribution in [0.4, 0.5) is 5.69 Å². The summed E-state index contributed by atoms with van der Waals surface area (Å²) in [5.74, 6) is 1.95. The van der Waals surface area contributed by atoms with Crippen molar-refractivity contribution >= 4 is 57.4 Å². The molecule has 1 saturated heterocycles. The maximum absolute atomic E-state index is 11.5. The number of nitrogens with zero attached hydrogens (tertiary/aromatic N) is 2. The average molecular weight is 512 g/mol. The molecule has 2 N–H and O–H groups in total. The summed E-state index contributed by atoms with van der Waals surface area (Å²) >= 11 is 1.98. The number of para-hydroxylation sites is 1. The largest absolute Gasteiger partial charge is 0.357 e. The number of benzene rings is 1. The summed E-state index contributed by atoms with van der Waals surface area (Å²) in [6.45, 7) is 9.67. The Morgan fingerprint density at radius 2 is 2.04 bits per heavy atom. The lowest BCUT2D eigenvalue weighted by Crippen LogP contribution is -2.50. The summed E-state index contributed by atoms with van der Waals surface area (Å²) in [5.41, 5.74) is 1.44. The van der Waals surface area contributed by atoms with Gasteiger partial charge in [0.2, 0.25) is 10.0 Å². The molecule has 1 aromatic rings. The Hall–Kier alpha value is -0.680. The first-order valence-corrected chi connectivity index (χ1v) is 11.3. The van der Waals surface area contributed by atoms with Gasteiger partial charge < -0.3 is 10.2 Å². The van der Waals surface area contributed by atoms with Gasteiger partial charge in [-0.25, -0.2) is 13.4 Å². The highest BCUT2D eigenvalue weighted by atomic mass is 127. The highest BCUT2D eigenvalue weighted by Crippen LogP contribution is 2.29. The van der Waals surface area contributed by atoms with Gasteiger partial charge in [-0.1, -0.05) is 18.2 Å². The molecule has 26 heavy (non-hydrogen) atoms. The molecule has 9 heteroatoms. The van der Waals surface area contributed by atoms with E-state index in [2.05, 4.69) is 35.7 Å². The van der Waals surface area contributed by atoms with Gasteiger partial charge in [0.25, 0.3) is 0 Å². The maximum atomic E-state index is 11.5. The lowest BCUT2D eigenvalue weighted by atomic mass is 10.2. The van der Waals surface area contributed by atoms with E-state index < -0.39 is 10.0 Å². The molecule has 0 aromatic heterocycles. The summed E-state index contributed by atoms with van der Waals surface area (Å²) in [4.78, 5) is 7.04. The summed E-state index contributed by atoms with van der Waals surface area (Å²) < 4.78 is 25.8. The Balaban J connectivity index is 0.00000338. The SMILES string of the molecule is CCNC(=NCc1ccccc1NS(C)(=O)=O)N1CCSC(C)(C)C1.I. The van der Waals surface area contributed by atoms with Crippen LogP contribution in [0, 0.1) is 0 Å². The van der Waals surface area contributed by atoms with Crippen molar-refractivity contribution in [1.82, 2.24) is 10.2 Å². The van der Waals surface area contributed by atoms with Crippen molar-refractivity contribution in [3.8, 4) is 0 Å². The van der Waals surface area contributed by atoms with Gasteiger partial charge in [-0.15, -0.1) is 24.0 Å². The first-order valence-electron chi connectivity index (χ1n) is 8.43. The van der Waals surface area contributed by atoms with Gasteiger partial charge in [0.15, 0.2) is 5.96 Å². The van der Waals surface area contributed by atoms with Crippen molar-refractivity contribution in [1.29, 1.82) is 0 Å². The lowest BCUT2D eigenvalue weighted by molar-refractivity contribution is 0.376. The van der Waals surface area contributed by atoms with Crippen molar-refractivity contribution in [2.45, 2.75) is 32.1 Å². The molecular formula is C17H29IN4O2S2. The zero-order valence-corrected chi connectivity index (χ0v) is 19.7. The number of halogens is 1. The maximum Gasteiger partial charge on any atom is 0.229 e. The second-order valence-corrected chi connectivity index (χ2v) is 10.3. The number of rotatable bonds is 5. The molecule has 0 bridgehead atoms. The van der Waals surface area contributed by atoms with Gasteiger partial charge >= 0.3 is 0 Å². The van der Waals surface area contributed by atoms with E-state index >= 15 is 0 Å². The minimum Gasteiger partial charge on any atom is -0.357 e. The third-order valence-electron chi connectivity index (χ3n) is 3.77. The lowest BCUT2D eigenvalue weighted by Gasteiger charge is -2.39. The molecule has 1 aliphatic heterocycles. The van der Waals surface area contributed by atoms with E-state index in [9.17, 15) is 8.42 Å². The van der Waals surface area contributed by atoms with Gasteiger partial charge in [-0.05, 0) is 32.4 Å². The van der Waals surface area contributed by atoms with Crippen LogP contribution in [0.5, 0.6) is 0 Å². The van der Waals surface area contributed by atoms with E-state index in [1.807, 2.05) is 30.0 Å². The minimum atomic E-state index is -3.31. The molecule has 1 aromatic carbocycles. The van der Waals surface area contributed by atoms with Gasteiger partial charge in [0.1, 0.15) is 0 Å². The standard InChI is InChI=1S/C17H28N4O2S2.HI/c1-5-18-16(21-10-11-24-17(2,3)13-21)19-12-14-8-6-7-9-15(14)20-25(4,22)23;/h6-9,20H,5,10-13H2,1-4H3,(H,18,19);1H. The minimum absolute atomic E-state index is 0. The fraction of sp³-hybridized carbons (Fsp3) is 0.588. The summed E-state index contributed by atoms with van der Waals surface area (Å²) in [5, 5.41) is 3.36. The smallest absolute Gasteiger partial charge is 0.229 e. The van der Waals surface area contributed by atoms with Gasteiger partial charge in [-0.2, -0.15) is 11.8 Å². The van der Waals surface area contributed by atoms with Crippen LogP contribution in [0.1, 0.15) is 26.3 Å². The Morgan fingerprint density at radius 1 is 1.35 bits per heavy atom. The van der Waals surface area contributed by atoms with E-state index in [0.717, 1.165) is 43.2 Å². The quantitative estimate of drug-likeness (QED) is 0.361. The topological polar surface area (TPSA) is 73.8 Å². The van der Waals surface area contributed by atoms with Crippen LogP contribution >= 0.6 is 35.7 Å². The van der Waals surface area contributed by atoms with Crippen LogP contribution in [0.15, 0.2) is 29.3 Å². The molecule has 148 valence electrons. The molecule has 6 nitrogen and oxygen atoms in total. The molecule has 2 rings (SSSR count). The first-order chi connectivity index (χ1) is 11.7. The second kappa shape index (κ2) is 10.0. The zero-order chi connectivity index (χ0) is 18.5. The van der Waals surface area contributed by atoms with Crippen molar-refractivity contribution < 1.29 is 8.42 Å². The van der Waals surface area contributed by atoms with E-state index in [0.29, 0.717) is 12.2 Å². The third kappa shape index (κ3) is 7.51. The summed E-state index contributed by atoms with van der Waals surface area (Å²) in [6.07, 6.45) is 1.16. The predicted molar refractivity (Wildman–Crippen MR) is 123 cm³/mol. The van der Waals surface area contributed by atoms with Crippen molar-refractivity contribution in [2.24, 2.45) is 4.99 Å². The van der Waals surface area contributed by atoms with Crippen LogP contribution in [-0.2, 0) is 16.6 Å². The van der Waals surface area contributed by atoms with Crippen LogP contribution < -0.4 is 10.0 Å². The van der Waals surface area contributed by atoms with E-state index in [1.54, 1.807) is 6.07 Å². The average Bonchev–Trinajstić information content (AvgIpc) is 2.50. The summed E-state index contributed by atoms with van der Waals surface area (Å²) in [6, 6.07) is 7.37. The monoisotopic (exact) mass is 512 g/mol. The number of hydrogen-bond donors (Lipinski definition) is 2. The predicted octanol–water partition coefficient (Wildman–Crippen LogP) is 2.97. The molecule has 0 unspecified atom stereocenters. The number of aliphatic imine (C=N–C) groups is 1. The number of hydrogen-bond acceptors (Lipinski definition) is 4. The number of sulfonamides is 1. The van der Waals surface area contributed by atoms with Crippen LogP contribution in [0.3, 0.4) is 0 Å². The molecule has 0 atom stereocenters. The highest BCUT2D eigenvalue weighted by Gasteiger charge is 2.28. The van der Waals surface area contributed by atoms with Crippen molar-refractivity contribution in [3.05, 3.63) is 29.8 Å². The van der Waals surface area contributed by atoms with Gasteiger partial charge in [-0.3, -0.25) is 4.72 Å². The molecule has 0 aliphatic carbocycles. The Labute approximate surface area is 178 Å². The molecule has 0 spiro atoms. The molecule has 1 aliphatic rings. The molecule has 0 saturated carbocycles. The molecule has 0 amide bonds. The Morgan fingerprint density at radius 3 is 2.65 bits per heavy atom. The fourth-order valence-corrected chi connectivity index (χ4v) is 4.45. The van der Waals surface area contributed by atoms with Crippen molar-refractivity contribution in [2.75, 3.05) is 36.4 Å². The van der Waals surface area contributed by atoms with E-state index in [4.69, 9.17) is 4.99 Å². The molecule has 1 fully saturated rings. The molecule has 1 heterocycles. The number of guanidine groups is 1. The molecule has 0 radical (unpaired) electrons. The normalized spacial score (nSPS) is 17.4.